The topological polar surface area (TPSA) is 68.5 Å². The van der Waals surface area contributed by atoms with Gasteiger partial charge < -0.3 is 10.2 Å². The van der Waals surface area contributed by atoms with Crippen molar-refractivity contribution in [1.29, 1.82) is 5.26 Å². The van der Waals surface area contributed by atoms with Crippen molar-refractivity contribution in [3.8, 4) is 6.19 Å². The number of aliphatic imine (C=N–C) groups is 1. The van der Waals surface area contributed by atoms with Crippen LogP contribution in [0.5, 0.6) is 0 Å². The molecule has 0 saturated heterocycles. The number of nitrogens with one attached hydrogen (secondary N) is 1. The molecule has 2 aliphatic rings. The van der Waals surface area contributed by atoms with Crippen LogP contribution in [0.3, 0.4) is 0 Å². The molecule has 23 heavy (non-hydrogen) atoms. The quantitative estimate of drug-likeness (QED) is 0.681. The Morgan fingerprint density at radius 2 is 2.26 bits per heavy atom. The van der Waals surface area contributed by atoms with Crippen molar-refractivity contribution in [3.63, 3.8) is 0 Å². The standard InChI is InChI=1S/C17H17ClN4O/c1-22(17(23)12-6-14(7-12)21-10-19)15-8-16(20-9-15)11-3-2-4-13(18)5-11/h2-5,8,12,14,21H,6-7,9H2,1H3/t12-,14-. The first-order valence-electron chi connectivity index (χ1n) is 7.51. The molecule has 0 atom stereocenters. The van der Waals surface area contributed by atoms with Crippen molar-refractivity contribution in [3.05, 3.63) is 46.6 Å². The molecular formula is C17H17ClN4O. The van der Waals surface area contributed by atoms with Gasteiger partial charge in [0.05, 0.1) is 12.3 Å². The zero-order valence-electron chi connectivity index (χ0n) is 12.8. The molecule has 1 amide bonds. The van der Waals surface area contributed by atoms with Gasteiger partial charge in [0.2, 0.25) is 5.91 Å². The number of rotatable bonds is 4. The van der Waals surface area contributed by atoms with Crippen LogP contribution in [0, 0.1) is 17.4 Å². The highest BCUT2D eigenvalue weighted by Gasteiger charge is 2.36. The summed E-state index contributed by atoms with van der Waals surface area (Å²) < 4.78 is 0. The summed E-state index contributed by atoms with van der Waals surface area (Å²) in [6, 6.07) is 7.67. The van der Waals surface area contributed by atoms with Gasteiger partial charge in [0.25, 0.3) is 0 Å². The first kappa shape index (κ1) is 15.6. The monoisotopic (exact) mass is 328 g/mol. The van der Waals surface area contributed by atoms with Gasteiger partial charge in [-0.2, -0.15) is 5.26 Å². The van der Waals surface area contributed by atoms with Crippen LogP contribution >= 0.6 is 11.6 Å². The van der Waals surface area contributed by atoms with Gasteiger partial charge in [-0.05, 0) is 31.1 Å². The average Bonchev–Trinajstić information content (AvgIpc) is 2.99. The molecule has 1 N–H and O–H groups in total. The molecule has 5 nitrogen and oxygen atoms in total. The minimum absolute atomic E-state index is 0.0121. The van der Waals surface area contributed by atoms with Gasteiger partial charge in [-0.3, -0.25) is 9.79 Å². The molecule has 118 valence electrons. The number of benzene rings is 1. The number of nitrogens with zero attached hydrogens (tertiary/aromatic N) is 3. The van der Waals surface area contributed by atoms with E-state index in [1.807, 2.05) is 36.5 Å². The number of amides is 1. The van der Waals surface area contributed by atoms with E-state index in [1.165, 1.54) is 0 Å². The molecular weight excluding hydrogens is 312 g/mol. The van der Waals surface area contributed by atoms with Crippen LogP contribution in [0.25, 0.3) is 0 Å². The van der Waals surface area contributed by atoms with Crippen molar-refractivity contribution < 1.29 is 4.79 Å². The van der Waals surface area contributed by atoms with E-state index in [0.29, 0.717) is 24.4 Å². The second-order valence-corrected chi connectivity index (χ2v) is 6.30. The number of hydrogen-bond donors (Lipinski definition) is 1. The van der Waals surface area contributed by atoms with E-state index in [0.717, 1.165) is 17.0 Å². The van der Waals surface area contributed by atoms with Crippen molar-refractivity contribution in [1.82, 2.24) is 10.2 Å². The third-order valence-electron chi connectivity index (χ3n) is 4.35. The van der Waals surface area contributed by atoms with E-state index in [2.05, 4.69) is 10.3 Å². The van der Waals surface area contributed by atoms with Crippen LogP contribution < -0.4 is 5.32 Å². The molecule has 1 aliphatic carbocycles. The van der Waals surface area contributed by atoms with Crippen molar-refractivity contribution in [2.45, 2.75) is 18.9 Å². The van der Waals surface area contributed by atoms with E-state index in [9.17, 15) is 4.79 Å². The van der Waals surface area contributed by atoms with E-state index in [4.69, 9.17) is 16.9 Å². The fourth-order valence-corrected chi connectivity index (χ4v) is 3.07. The average molecular weight is 329 g/mol. The number of carbonyl (C=O) groups is 1. The molecule has 1 aromatic carbocycles. The van der Waals surface area contributed by atoms with Crippen LogP contribution in [-0.4, -0.2) is 36.2 Å². The van der Waals surface area contributed by atoms with Gasteiger partial charge in [-0.1, -0.05) is 23.7 Å². The Kier molecular flexibility index (Phi) is 4.35. The minimum atomic E-state index is -0.0121. The van der Waals surface area contributed by atoms with E-state index < -0.39 is 0 Å². The Labute approximate surface area is 140 Å². The van der Waals surface area contributed by atoms with E-state index in [-0.39, 0.29) is 17.9 Å². The lowest BCUT2D eigenvalue weighted by Gasteiger charge is -2.35. The fourth-order valence-electron chi connectivity index (χ4n) is 2.88. The third kappa shape index (κ3) is 3.22. The molecule has 0 bridgehead atoms. The maximum absolute atomic E-state index is 12.5. The first-order valence-corrected chi connectivity index (χ1v) is 7.89. The van der Waals surface area contributed by atoms with Crippen LogP contribution in [-0.2, 0) is 4.79 Å². The summed E-state index contributed by atoms with van der Waals surface area (Å²) in [6.07, 6.45) is 5.29. The number of hydrogen-bond acceptors (Lipinski definition) is 4. The fraction of sp³-hybridized carbons (Fsp3) is 0.353. The summed E-state index contributed by atoms with van der Waals surface area (Å²) in [4.78, 5) is 18.6. The maximum Gasteiger partial charge on any atom is 0.229 e. The number of likely N-dealkylation sites (N-methyl/N-ethyl adjacent to an activating group) is 1. The molecule has 3 rings (SSSR count). The lowest BCUT2D eigenvalue weighted by molar-refractivity contribution is -0.135. The zero-order valence-corrected chi connectivity index (χ0v) is 13.5. The van der Waals surface area contributed by atoms with Crippen LogP contribution in [0.15, 0.2) is 41.0 Å². The molecule has 1 heterocycles. The molecule has 0 spiro atoms. The smallest absolute Gasteiger partial charge is 0.229 e. The summed E-state index contributed by atoms with van der Waals surface area (Å²) in [5.74, 6) is 0.0803. The van der Waals surface area contributed by atoms with Gasteiger partial charge in [-0.25, -0.2) is 0 Å². The highest BCUT2D eigenvalue weighted by atomic mass is 35.5. The molecule has 0 radical (unpaired) electrons. The maximum atomic E-state index is 12.5. The Morgan fingerprint density at radius 1 is 1.48 bits per heavy atom. The van der Waals surface area contributed by atoms with E-state index in [1.54, 1.807) is 11.9 Å². The highest BCUT2D eigenvalue weighted by molar-refractivity contribution is 6.31. The second kappa shape index (κ2) is 6.43. The number of allylic oxidation sites excluding steroid dienone is 1. The lowest BCUT2D eigenvalue weighted by Crippen LogP contribution is -2.46. The summed E-state index contributed by atoms with van der Waals surface area (Å²) in [6.45, 7) is 0.497. The summed E-state index contributed by atoms with van der Waals surface area (Å²) in [5.41, 5.74) is 2.69. The van der Waals surface area contributed by atoms with Gasteiger partial charge in [0.1, 0.15) is 0 Å². The Hall–Kier alpha value is -2.32. The second-order valence-electron chi connectivity index (χ2n) is 5.87. The van der Waals surface area contributed by atoms with Gasteiger partial charge in [-0.15, -0.1) is 0 Å². The zero-order chi connectivity index (χ0) is 16.4. The Morgan fingerprint density at radius 3 is 2.96 bits per heavy atom. The molecule has 1 fully saturated rings. The van der Waals surface area contributed by atoms with Crippen molar-refractivity contribution in [2.24, 2.45) is 10.9 Å². The normalized spacial score (nSPS) is 22.5. The Balaban J connectivity index is 1.64. The first-order chi connectivity index (χ1) is 11.1. The minimum Gasteiger partial charge on any atom is -0.321 e. The van der Waals surface area contributed by atoms with Crippen molar-refractivity contribution in [2.75, 3.05) is 13.6 Å². The van der Waals surface area contributed by atoms with E-state index >= 15 is 0 Å². The molecule has 1 aromatic rings. The third-order valence-corrected chi connectivity index (χ3v) is 4.59. The van der Waals surface area contributed by atoms with Crippen LogP contribution in [0.1, 0.15) is 18.4 Å². The van der Waals surface area contributed by atoms with Gasteiger partial charge in [0.15, 0.2) is 6.19 Å². The van der Waals surface area contributed by atoms with Gasteiger partial charge >= 0.3 is 0 Å². The number of halogens is 1. The Bertz CT molecular complexity index is 728. The lowest BCUT2D eigenvalue weighted by atomic mass is 9.79. The molecule has 1 aliphatic heterocycles. The predicted molar refractivity (Wildman–Crippen MR) is 89.0 cm³/mol. The van der Waals surface area contributed by atoms with Crippen LogP contribution in [0.2, 0.25) is 5.02 Å². The number of carbonyl (C=O) groups excluding carboxylic acids is 1. The largest absolute Gasteiger partial charge is 0.321 e. The SMILES string of the molecule is CN(C1=CC(c2cccc(Cl)c2)=NC1)C(=O)[C@H]1C[C@H](NC#N)C1. The summed E-state index contributed by atoms with van der Waals surface area (Å²) in [7, 11) is 1.79. The van der Waals surface area contributed by atoms with Gasteiger partial charge in [0, 0.05) is 35.3 Å². The summed E-state index contributed by atoms with van der Waals surface area (Å²) in [5, 5.41) is 11.9. The van der Waals surface area contributed by atoms with Crippen LogP contribution in [0.4, 0.5) is 0 Å². The summed E-state index contributed by atoms with van der Waals surface area (Å²) >= 11 is 6.01. The van der Waals surface area contributed by atoms with Crippen molar-refractivity contribution >= 4 is 23.2 Å². The molecule has 1 saturated carbocycles. The molecule has 0 unspecified atom stereocenters. The number of nitriles is 1. The highest BCUT2D eigenvalue weighted by Crippen LogP contribution is 2.30. The molecule has 6 heteroatoms. The molecule has 0 aromatic heterocycles. The predicted octanol–water partition coefficient (Wildman–Crippen LogP) is 2.33.